The van der Waals surface area contributed by atoms with E-state index in [9.17, 15) is 9.59 Å². The number of fused-ring (bicyclic) bond motifs is 1. The van der Waals surface area contributed by atoms with Crippen LogP contribution >= 0.6 is 0 Å². The van der Waals surface area contributed by atoms with E-state index >= 15 is 0 Å². The first-order valence-electron chi connectivity index (χ1n) is 8.79. The van der Waals surface area contributed by atoms with Crippen molar-refractivity contribution in [3.63, 3.8) is 0 Å². The second-order valence-electron chi connectivity index (χ2n) is 6.53. The monoisotopic (exact) mass is 349 g/mol. The van der Waals surface area contributed by atoms with Crippen molar-refractivity contribution in [3.8, 4) is 0 Å². The number of benzene rings is 2. The van der Waals surface area contributed by atoms with Gasteiger partial charge in [-0.2, -0.15) is 0 Å². The lowest BCUT2D eigenvalue weighted by Gasteiger charge is -2.12. The summed E-state index contributed by atoms with van der Waals surface area (Å²) in [7, 11) is 0. The highest BCUT2D eigenvalue weighted by Crippen LogP contribution is 2.28. The van der Waals surface area contributed by atoms with Gasteiger partial charge < -0.3 is 15.6 Å². The van der Waals surface area contributed by atoms with Gasteiger partial charge in [0.25, 0.3) is 11.8 Å². The molecule has 0 spiro atoms. The summed E-state index contributed by atoms with van der Waals surface area (Å²) in [6.07, 6.45) is 0.830. The zero-order valence-corrected chi connectivity index (χ0v) is 15.2. The molecular weight excluding hydrogens is 326 g/mol. The molecule has 3 aromatic rings. The van der Waals surface area contributed by atoms with Crippen LogP contribution in [0.4, 0.5) is 5.69 Å². The summed E-state index contributed by atoms with van der Waals surface area (Å²) < 4.78 is 0. The fourth-order valence-corrected chi connectivity index (χ4v) is 2.81. The SMILES string of the molecule is CCC(C)NC(=O)c1[nH]c2ccccc2c1NC(=O)c1cccc(C)c1. The van der Waals surface area contributed by atoms with E-state index in [4.69, 9.17) is 0 Å². The number of para-hydroxylation sites is 1. The highest BCUT2D eigenvalue weighted by Gasteiger charge is 2.21. The van der Waals surface area contributed by atoms with Gasteiger partial charge in [0.05, 0.1) is 5.69 Å². The van der Waals surface area contributed by atoms with Crippen LogP contribution < -0.4 is 10.6 Å². The average Bonchev–Trinajstić information content (AvgIpc) is 3.00. The molecule has 0 fully saturated rings. The Morgan fingerprint density at radius 1 is 1.08 bits per heavy atom. The second kappa shape index (κ2) is 7.44. The third kappa shape index (κ3) is 3.61. The lowest BCUT2D eigenvalue weighted by molar-refractivity contribution is 0.0936. The molecule has 0 aliphatic rings. The van der Waals surface area contributed by atoms with Crippen LogP contribution in [0, 0.1) is 6.92 Å². The number of hydrogen-bond donors (Lipinski definition) is 3. The minimum Gasteiger partial charge on any atom is -0.349 e. The van der Waals surface area contributed by atoms with Gasteiger partial charge in [-0.1, -0.05) is 42.8 Å². The summed E-state index contributed by atoms with van der Waals surface area (Å²) in [6, 6.07) is 15.0. The molecule has 1 unspecified atom stereocenters. The van der Waals surface area contributed by atoms with E-state index in [1.807, 2.05) is 63.2 Å². The summed E-state index contributed by atoms with van der Waals surface area (Å²) in [4.78, 5) is 28.5. The lowest BCUT2D eigenvalue weighted by Crippen LogP contribution is -2.32. The standard InChI is InChI=1S/C21H23N3O2/c1-4-14(3)22-21(26)19-18(16-10-5-6-11-17(16)23-19)24-20(25)15-9-7-8-13(2)12-15/h5-12,14,23H,4H2,1-3H3,(H,22,26)(H,24,25). The van der Waals surface area contributed by atoms with Gasteiger partial charge in [0, 0.05) is 22.5 Å². The first kappa shape index (κ1) is 17.7. The predicted molar refractivity (Wildman–Crippen MR) is 105 cm³/mol. The van der Waals surface area contributed by atoms with Gasteiger partial charge in [0.15, 0.2) is 0 Å². The molecule has 0 radical (unpaired) electrons. The number of rotatable bonds is 5. The maximum Gasteiger partial charge on any atom is 0.270 e. The molecule has 1 heterocycles. The number of carbonyl (C=O) groups excluding carboxylic acids is 2. The summed E-state index contributed by atoms with van der Waals surface area (Å²) in [5, 5.41) is 6.67. The maximum absolute atomic E-state index is 12.7. The van der Waals surface area contributed by atoms with Gasteiger partial charge in [0.1, 0.15) is 5.69 Å². The Morgan fingerprint density at radius 3 is 2.58 bits per heavy atom. The molecule has 3 rings (SSSR count). The van der Waals surface area contributed by atoms with Gasteiger partial charge in [0.2, 0.25) is 0 Å². The number of H-pyrrole nitrogens is 1. The zero-order chi connectivity index (χ0) is 18.7. The number of aromatic amines is 1. The van der Waals surface area contributed by atoms with E-state index in [-0.39, 0.29) is 17.9 Å². The van der Waals surface area contributed by atoms with Crippen LogP contribution in [0.2, 0.25) is 0 Å². The van der Waals surface area contributed by atoms with Crippen LogP contribution in [0.3, 0.4) is 0 Å². The largest absolute Gasteiger partial charge is 0.349 e. The molecular formula is C21H23N3O2. The van der Waals surface area contributed by atoms with Crippen LogP contribution in [-0.4, -0.2) is 22.8 Å². The molecule has 1 atom stereocenters. The van der Waals surface area contributed by atoms with Crippen molar-refractivity contribution in [3.05, 3.63) is 65.4 Å². The number of aromatic nitrogens is 1. The van der Waals surface area contributed by atoms with Crippen molar-refractivity contribution < 1.29 is 9.59 Å². The van der Waals surface area contributed by atoms with Gasteiger partial charge in [-0.05, 0) is 38.5 Å². The molecule has 5 nitrogen and oxygen atoms in total. The molecule has 3 N–H and O–H groups in total. The van der Waals surface area contributed by atoms with Crippen LogP contribution in [0.25, 0.3) is 10.9 Å². The molecule has 0 saturated carbocycles. The van der Waals surface area contributed by atoms with Crippen LogP contribution in [-0.2, 0) is 0 Å². The first-order chi connectivity index (χ1) is 12.5. The Bertz CT molecular complexity index is 959. The third-order valence-corrected chi connectivity index (χ3v) is 4.44. The van der Waals surface area contributed by atoms with Gasteiger partial charge in [-0.25, -0.2) is 0 Å². The van der Waals surface area contributed by atoms with E-state index in [0.717, 1.165) is 22.9 Å². The van der Waals surface area contributed by atoms with Crippen molar-refractivity contribution in [2.75, 3.05) is 5.32 Å². The smallest absolute Gasteiger partial charge is 0.270 e. The first-order valence-corrected chi connectivity index (χ1v) is 8.79. The Hall–Kier alpha value is -3.08. The summed E-state index contributed by atoms with van der Waals surface area (Å²) in [6.45, 7) is 5.90. The van der Waals surface area contributed by atoms with Gasteiger partial charge in [-0.15, -0.1) is 0 Å². The third-order valence-electron chi connectivity index (χ3n) is 4.44. The normalized spacial score (nSPS) is 12.0. The number of amides is 2. The van der Waals surface area contributed by atoms with E-state index in [1.165, 1.54) is 0 Å². The van der Waals surface area contributed by atoms with Crippen molar-refractivity contribution in [2.45, 2.75) is 33.2 Å². The molecule has 2 amide bonds. The van der Waals surface area contributed by atoms with Crippen molar-refractivity contribution in [1.29, 1.82) is 0 Å². The molecule has 0 aliphatic carbocycles. The number of anilines is 1. The lowest BCUT2D eigenvalue weighted by atomic mass is 10.1. The molecule has 0 bridgehead atoms. The minimum atomic E-state index is -0.240. The highest BCUT2D eigenvalue weighted by atomic mass is 16.2. The van der Waals surface area contributed by atoms with E-state index in [0.29, 0.717) is 16.9 Å². The van der Waals surface area contributed by atoms with E-state index in [1.54, 1.807) is 6.07 Å². The highest BCUT2D eigenvalue weighted by molar-refractivity contribution is 6.15. The van der Waals surface area contributed by atoms with Crippen LogP contribution in [0.1, 0.15) is 46.7 Å². The second-order valence-corrected chi connectivity index (χ2v) is 6.53. The van der Waals surface area contributed by atoms with Gasteiger partial charge in [-0.3, -0.25) is 9.59 Å². The Labute approximate surface area is 152 Å². The van der Waals surface area contributed by atoms with Crippen LogP contribution in [0.15, 0.2) is 48.5 Å². The summed E-state index contributed by atoms with van der Waals surface area (Å²) >= 11 is 0. The maximum atomic E-state index is 12.7. The zero-order valence-electron chi connectivity index (χ0n) is 15.2. The predicted octanol–water partition coefficient (Wildman–Crippen LogP) is 4.26. The van der Waals surface area contributed by atoms with Gasteiger partial charge >= 0.3 is 0 Å². The minimum absolute atomic E-state index is 0.0502. The molecule has 2 aromatic carbocycles. The Morgan fingerprint density at radius 2 is 1.85 bits per heavy atom. The fraction of sp³-hybridized carbons (Fsp3) is 0.238. The molecule has 0 saturated heterocycles. The van der Waals surface area contributed by atoms with Crippen LogP contribution in [0.5, 0.6) is 0 Å². The van der Waals surface area contributed by atoms with Crippen molar-refractivity contribution in [1.82, 2.24) is 10.3 Å². The fourth-order valence-electron chi connectivity index (χ4n) is 2.81. The molecule has 1 aromatic heterocycles. The van der Waals surface area contributed by atoms with Crippen molar-refractivity contribution in [2.24, 2.45) is 0 Å². The molecule has 5 heteroatoms. The summed E-state index contributed by atoms with van der Waals surface area (Å²) in [5.74, 6) is -0.467. The molecule has 134 valence electrons. The molecule has 0 aliphatic heterocycles. The van der Waals surface area contributed by atoms with Crippen molar-refractivity contribution >= 4 is 28.4 Å². The number of aryl methyl sites for hydroxylation is 1. The quantitative estimate of drug-likeness (QED) is 0.644. The summed E-state index contributed by atoms with van der Waals surface area (Å²) in [5.41, 5.74) is 3.25. The van der Waals surface area contributed by atoms with E-state index in [2.05, 4.69) is 15.6 Å². The van der Waals surface area contributed by atoms with E-state index < -0.39 is 0 Å². The Balaban J connectivity index is 1.99. The molecule has 26 heavy (non-hydrogen) atoms. The number of hydrogen-bond acceptors (Lipinski definition) is 2. The average molecular weight is 349 g/mol. The Kier molecular flexibility index (Phi) is 5.07. The number of nitrogens with one attached hydrogen (secondary N) is 3. The number of carbonyl (C=O) groups is 2. The topological polar surface area (TPSA) is 74.0 Å².